The lowest BCUT2D eigenvalue weighted by Crippen LogP contribution is -2.50. The lowest BCUT2D eigenvalue weighted by Gasteiger charge is -2.36. The summed E-state index contributed by atoms with van der Waals surface area (Å²) in [4.78, 5) is 25.8. The molecule has 2 aromatic rings. The zero-order chi connectivity index (χ0) is 19.7. The van der Waals surface area contributed by atoms with Gasteiger partial charge in [-0.3, -0.25) is 4.90 Å². The number of piperidine rings is 1. The molecule has 4 rings (SSSR count). The number of hydrogen-bond acceptors (Lipinski definition) is 3. The van der Waals surface area contributed by atoms with Crippen LogP contribution in [0.2, 0.25) is 0 Å². The molecule has 0 spiro atoms. The van der Waals surface area contributed by atoms with E-state index in [0.717, 1.165) is 24.0 Å². The minimum absolute atomic E-state index is 0.0205. The Bertz CT molecular complexity index is 848. The second-order valence-electron chi connectivity index (χ2n) is 7.65. The number of likely N-dealkylation sites (tertiary alicyclic amines) is 1. The van der Waals surface area contributed by atoms with Gasteiger partial charge in [0, 0.05) is 12.5 Å². The van der Waals surface area contributed by atoms with E-state index in [1.54, 1.807) is 0 Å². The molecule has 2 aliphatic rings. The van der Waals surface area contributed by atoms with Gasteiger partial charge in [0.25, 0.3) is 0 Å². The van der Waals surface area contributed by atoms with E-state index in [2.05, 4.69) is 31.2 Å². The number of rotatable bonds is 4. The lowest BCUT2D eigenvalue weighted by molar-refractivity contribution is -0.144. The van der Waals surface area contributed by atoms with E-state index in [4.69, 9.17) is 4.74 Å². The largest absolute Gasteiger partial charge is 0.480 e. The van der Waals surface area contributed by atoms with Gasteiger partial charge in [0.1, 0.15) is 12.6 Å². The molecule has 1 aliphatic carbocycles. The highest BCUT2D eigenvalue weighted by Gasteiger charge is 2.37. The fraction of sp³-hybridized carbons (Fsp3) is 0.391. The fourth-order valence-electron chi connectivity index (χ4n) is 4.54. The summed E-state index contributed by atoms with van der Waals surface area (Å²) < 4.78 is 5.65. The van der Waals surface area contributed by atoms with E-state index < -0.39 is 18.1 Å². The van der Waals surface area contributed by atoms with Gasteiger partial charge in [-0.15, -0.1) is 0 Å². The molecule has 28 heavy (non-hydrogen) atoms. The third-order valence-electron chi connectivity index (χ3n) is 6.14. The first-order valence-corrected chi connectivity index (χ1v) is 9.94. The van der Waals surface area contributed by atoms with Crippen LogP contribution in [0.1, 0.15) is 43.2 Å². The molecule has 1 heterocycles. The number of nitrogens with zero attached hydrogens (tertiary/aromatic N) is 1. The Hall–Kier alpha value is -2.82. The summed E-state index contributed by atoms with van der Waals surface area (Å²) in [5, 5.41) is 9.56. The van der Waals surface area contributed by atoms with E-state index in [0.29, 0.717) is 18.9 Å². The number of aliphatic carboxylic acids is 1. The maximum atomic E-state index is 12.7. The minimum atomic E-state index is -0.952. The third-order valence-corrected chi connectivity index (χ3v) is 6.14. The zero-order valence-electron chi connectivity index (χ0n) is 16.0. The van der Waals surface area contributed by atoms with Crippen molar-refractivity contribution < 1.29 is 19.4 Å². The van der Waals surface area contributed by atoms with Crippen molar-refractivity contribution in [2.75, 3.05) is 13.2 Å². The molecular formula is C23H25NO4. The Morgan fingerprint density at radius 1 is 1.07 bits per heavy atom. The van der Waals surface area contributed by atoms with E-state index in [-0.39, 0.29) is 12.5 Å². The molecule has 1 amide bonds. The van der Waals surface area contributed by atoms with E-state index in [9.17, 15) is 14.7 Å². The van der Waals surface area contributed by atoms with Crippen molar-refractivity contribution in [3.05, 3.63) is 59.7 Å². The Morgan fingerprint density at radius 3 is 2.25 bits per heavy atom. The quantitative estimate of drug-likeness (QED) is 0.849. The summed E-state index contributed by atoms with van der Waals surface area (Å²) >= 11 is 0. The van der Waals surface area contributed by atoms with Crippen molar-refractivity contribution in [2.45, 2.75) is 38.1 Å². The molecule has 5 heteroatoms. The minimum Gasteiger partial charge on any atom is -0.480 e. The molecule has 1 saturated heterocycles. The van der Waals surface area contributed by atoms with Crippen molar-refractivity contribution in [3.8, 4) is 11.1 Å². The van der Waals surface area contributed by atoms with Gasteiger partial charge in [-0.05, 0) is 41.0 Å². The van der Waals surface area contributed by atoms with Gasteiger partial charge < -0.3 is 9.84 Å². The summed E-state index contributed by atoms with van der Waals surface area (Å²) in [6.45, 7) is 2.71. The van der Waals surface area contributed by atoms with Crippen LogP contribution in [0.5, 0.6) is 0 Å². The first-order valence-electron chi connectivity index (χ1n) is 9.94. The smallest absolute Gasteiger partial charge is 0.410 e. The van der Waals surface area contributed by atoms with Crippen molar-refractivity contribution in [2.24, 2.45) is 5.92 Å². The van der Waals surface area contributed by atoms with Crippen molar-refractivity contribution in [1.29, 1.82) is 0 Å². The summed E-state index contributed by atoms with van der Waals surface area (Å²) in [5.74, 6) is -0.627. The highest BCUT2D eigenvalue weighted by molar-refractivity contribution is 5.81. The summed E-state index contributed by atoms with van der Waals surface area (Å²) in [5.41, 5.74) is 4.64. The molecule has 5 nitrogen and oxygen atoms in total. The van der Waals surface area contributed by atoms with E-state index >= 15 is 0 Å². The normalized spacial score (nSPS) is 21.1. The molecule has 2 unspecified atom stereocenters. The SMILES string of the molecule is CCC1CCN(C(=O)OCC2c3ccccc3-c3ccccc32)C(C(=O)O)C1. The third kappa shape index (κ3) is 3.26. The number of carboxylic acids is 1. The van der Waals surface area contributed by atoms with Crippen LogP contribution in [-0.2, 0) is 9.53 Å². The molecule has 1 aliphatic heterocycles. The molecule has 1 N–H and O–H groups in total. The molecule has 2 atom stereocenters. The van der Waals surface area contributed by atoms with Crippen LogP contribution in [-0.4, -0.2) is 41.3 Å². The number of fused-ring (bicyclic) bond motifs is 3. The maximum absolute atomic E-state index is 12.7. The fourth-order valence-corrected chi connectivity index (χ4v) is 4.54. The van der Waals surface area contributed by atoms with Crippen LogP contribution in [0.15, 0.2) is 48.5 Å². The van der Waals surface area contributed by atoms with Crippen molar-refractivity contribution >= 4 is 12.1 Å². The number of hydrogen-bond donors (Lipinski definition) is 1. The number of carboxylic acid groups (broad SMARTS) is 1. The molecule has 2 aromatic carbocycles. The average molecular weight is 379 g/mol. The van der Waals surface area contributed by atoms with Gasteiger partial charge in [-0.1, -0.05) is 61.9 Å². The lowest BCUT2D eigenvalue weighted by atomic mass is 9.89. The van der Waals surface area contributed by atoms with Gasteiger partial charge in [-0.2, -0.15) is 0 Å². The first-order chi connectivity index (χ1) is 13.6. The summed E-state index contributed by atoms with van der Waals surface area (Å²) in [6, 6.07) is 15.5. The maximum Gasteiger partial charge on any atom is 0.410 e. The standard InChI is InChI=1S/C23H25NO4/c1-2-15-11-12-24(21(13-15)22(25)26)23(27)28-14-20-18-9-5-3-7-16(18)17-8-4-6-10-19(17)20/h3-10,15,20-21H,2,11-14H2,1H3,(H,25,26). The van der Waals surface area contributed by atoms with Gasteiger partial charge in [0.15, 0.2) is 0 Å². The molecule has 1 fully saturated rings. The Morgan fingerprint density at radius 2 is 1.68 bits per heavy atom. The Balaban J connectivity index is 1.50. The van der Waals surface area contributed by atoms with Crippen LogP contribution < -0.4 is 0 Å². The molecule has 0 aromatic heterocycles. The van der Waals surface area contributed by atoms with Crippen LogP contribution in [0.4, 0.5) is 4.79 Å². The Kier molecular flexibility index (Phi) is 5.07. The first kappa shape index (κ1) is 18.5. The number of carbonyl (C=O) groups excluding carboxylic acids is 1. The van der Waals surface area contributed by atoms with Crippen molar-refractivity contribution in [3.63, 3.8) is 0 Å². The van der Waals surface area contributed by atoms with Crippen LogP contribution in [0, 0.1) is 5.92 Å². The predicted molar refractivity (Wildman–Crippen MR) is 106 cm³/mol. The Labute approximate surface area is 164 Å². The monoisotopic (exact) mass is 379 g/mol. The number of amides is 1. The average Bonchev–Trinajstić information content (AvgIpc) is 3.05. The van der Waals surface area contributed by atoms with Crippen molar-refractivity contribution in [1.82, 2.24) is 4.90 Å². The second-order valence-corrected chi connectivity index (χ2v) is 7.65. The van der Waals surface area contributed by atoms with E-state index in [1.807, 2.05) is 24.3 Å². The molecule has 0 bridgehead atoms. The number of benzene rings is 2. The van der Waals surface area contributed by atoms with Crippen LogP contribution in [0.25, 0.3) is 11.1 Å². The topological polar surface area (TPSA) is 66.8 Å². The van der Waals surface area contributed by atoms with E-state index in [1.165, 1.54) is 16.0 Å². The number of carbonyl (C=O) groups is 2. The zero-order valence-corrected chi connectivity index (χ0v) is 16.0. The van der Waals surface area contributed by atoms with Crippen LogP contribution in [0.3, 0.4) is 0 Å². The second kappa shape index (κ2) is 7.66. The molecule has 0 radical (unpaired) electrons. The molecular weight excluding hydrogens is 354 g/mol. The highest BCUT2D eigenvalue weighted by atomic mass is 16.6. The van der Waals surface area contributed by atoms with Crippen LogP contribution >= 0.6 is 0 Å². The molecule has 146 valence electrons. The number of ether oxygens (including phenoxy) is 1. The van der Waals surface area contributed by atoms with Gasteiger partial charge >= 0.3 is 12.1 Å². The predicted octanol–water partition coefficient (Wildman–Crippen LogP) is 4.51. The van der Waals surface area contributed by atoms with Gasteiger partial charge in [-0.25, -0.2) is 9.59 Å². The van der Waals surface area contributed by atoms with Gasteiger partial charge in [0.05, 0.1) is 0 Å². The highest BCUT2D eigenvalue weighted by Crippen LogP contribution is 2.44. The summed E-state index contributed by atoms with van der Waals surface area (Å²) in [7, 11) is 0. The van der Waals surface area contributed by atoms with Gasteiger partial charge in [0.2, 0.25) is 0 Å². The summed E-state index contributed by atoms with van der Waals surface area (Å²) in [6.07, 6.45) is 1.73. The molecule has 0 saturated carbocycles.